The van der Waals surface area contributed by atoms with Crippen LogP contribution in [0.1, 0.15) is 12.5 Å². The van der Waals surface area contributed by atoms with Crippen molar-refractivity contribution in [1.82, 2.24) is 0 Å². The first-order valence-corrected chi connectivity index (χ1v) is 6.91. The van der Waals surface area contributed by atoms with E-state index in [4.69, 9.17) is 0 Å². The normalized spacial score (nSPS) is 11.1. The number of allylic oxidation sites excluding steroid dienone is 1. The number of rotatable bonds is 3. The van der Waals surface area contributed by atoms with Gasteiger partial charge >= 0.3 is 58.2 Å². The van der Waals surface area contributed by atoms with Crippen LogP contribution in [0.2, 0.25) is 0 Å². The summed E-state index contributed by atoms with van der Waals surface area (Å²) in [5.74, 6) is 0. The van der Waals surface area contributed by atoms with Crippen molar-refractivity contribution in [2.75, 3.05) is 0 Å². The second-order valence-electron chi connectivity index (χ2n) is 4.36. The summed E-state index contributed by atoms with van der Waals surface area (Å²) >= 11 is 0. The van der Waals surface area contributed by atoms with Crippen LogP contribution in [-0.2, 0) is 16.5 Å². The second kappa shape index (κ2) is 6.74. The van der Waals surface area contributed by atoms with Crippen LogP contribution < -0.4 is 58.2 Å². The minimum absolute atomic E-state index is 0. The van der Waals surface area contributed by atoms with E-state index >= 15 is 0 Å². The zero-order valence-corrected chi connectivity index (χ0v) is 16.7. The molecule has 0 aliphatic carbocycles. The van der Waals surface area contributed by atoms with Crippen LogP contribution in [-0.4, -0.2) is 13.0 Å². The van der Waals surface area contributed by atoms with Crippen molar-refractivity contribution >= 4 is 20.9 Å². The fourth-order valence-electron chi connectivity index (χ4n) is 2.05. The van der Waals surface area contributed by atoms with Gasteiger partial charge in [-0.05, 0) is 29.7 Å². The zero-order chi connectivity index (χ0) is 13.3. The van der Waals surface area contributed by atoms with Crippen LogP contribution in [0.4, 0.5) is 0 Å². The Labute approximate surface area is 162 Å². The van der Waals surface area contributed by atoms with Gasteiger partial charge in [-0.25, -0.2) is 8.42 Å². The summed E-state index contributed by atoms with van der Waals surface area (Å²) < 4.78 is 34.4. The van der Waals surface area contributed by atoms with Gasteiger partial charge in [0.2, 0.25) is 0 Å². The summed E-state index contributed by atoms with van der Waals surface area (Å²) in [5.41, 5.74) is 1.33. The first kappa shape index (κ1) is 17.2. The van der Waals surface area contributed by atoms with Crippen molar-refractivity contribution < 1.29 is 71.2 Å². The van der Waals surface area contributed by atoms with Crippen molar-refractivity contribution in [2.24, 2.45) is 0 Å². The predicted octanol–water partition coefficient (Wildman–Crippen LogP) is -0.134. The summed E-state index contributed by atoms with van der Waals surface area (Å²) in [4.78, 5) is -0.122. The van der Waals surface area contributed by atoms with Crippen molar-refractivity contribution in [1.29, 1.82) is 0 Å². The average molecular weight is 347 g/mol. The van der Waals surface area contributed by atoms with Crippen LogP contribution in [0.5, 0.6) is 0 Å². The third kappa shape index (κ3) is 4.06. The summed E-state index contributed by atoms with van der Waals surface area (Å²) in [5, 5.41) is 1.23. The second-order valence-corrected chi connectivity index (χ2v) is 5.68. The molecule has 2 aromatic carbocycles. The molecule has 0 saturated heterocycles. The van der Waals surface area contributed by atoms with Crippen molar-refractivity contribution in [2.45, 2.75) is 18.2 Å². The van der Waals surface area contributed by atoms with E-state index in [9.17, 15) is 13.0 Å². The molecular weight excluding hydrogens is 334 g/mol. The van der Waals surface area contributed by atoms with Crippen LogP contribution >= 0.6 is 0 Å². The van der Waals surface area contributed by atoms with Gasteiger partial charge in [0.05, 0.1) is 4.90 Å². The molecule has 0 amide bonds. The number of fused-ring (bicyclic) bond motifs is 1. The third-order valence-corrected chi connectivity index (χ3v) is 3.69. The zero-order valence-electron chi connectivity index (χ0n) is 11.0. The first-order valence-electron chi connectivity index (χ1n) is 5.50. The van der Waals surface area contributed by atoms with Gasteiger partial charge in [0.1, 0.15) is 10.1 Å². The van der Waals surface area contributed by atoms with Gasteiger partial charge in [-0.3, -0.25) is 0 Å². The van der Waals surface area contributed by atoms with E-state index in [0.717, 1.165) is 11.0 Å². The molecule has 2 rings (SSSR count). The van der Waals surface area contributed by atoms with Gasteiger partial charge in [0.25, 0.3) is 0 Å². The molecule has 0 aliphatic heterocycles. The van der Waals surface area contributed by atoms with Gasteiger partial charge < -0.3 is 4.55 Å². The number of hydrogen-bond donors (Lipinski definition) is 0. The maximum absolute atomic E-state index is 11.5. The Morgan fingerprint density at radius 2 is 1.84 bits per heavy atom. The Morgan fingerprint density at radius 3 is 2.42 bits per heavy atom. The van der Waals surface area contributed by atoms with Crippen molar-refractivity contribution in [3.63, 3.8) is 0 Å². The van der Waals surface area contributed by atoms with Crippen LogP contribution in [0, 0.1) is 0 Å². The quantitative estimate of drug-likeness (QED) is 0.574. The molecule has 3 nitrogen and oxygen atoms in total. The first-order chi connectivity index (χ1) is 8.39. The van der Waals surface area contributed by atoms with Gasteiger partial charge in [-0.15, -0.1) is 0 Å². The van der Waals surface area contributed by atoms with Gasteiger partial charge in [0.15, 0.2) is 0 Å². The maximum Gasteiger partial charge on any atom is 1.00 e. The summed E-state index contributed by atoms with van der Waals surface area (Å²) in [6, 6.07) is 10.5. The molecule has 0 fully saturated rings. The Hall–Kier alpha value is 0.155. The maximum atomic E-state index is 11.5. The van der Waals surface area contributed by atoms with E-state index in [-0.39, 0.29) is 63.1 Å². The van der Waals surface area contributed by atoms with Gasteiger partial charge in [-0.2, -0.15) is 0 Å². The minimum atomic E-state index is -4.50. The molecule has 0 aromatic heterocycles. The standard InChI is InChI=1S/C14H14O3S.Rb/c1-10(2)9-12-8-7-11-5-3-4-6-13(11)14(12)18(15,16)17;/h3-8H,1,9H2,2H3,(H,15,16,17);/q;+1/p-1. The van der Waals surface area contributed by atoms with E-state index in [1.165, 1.54) is 0 Å². The Balaban J connectivity index is 0.00000180. The van der Waals surface area contributed by atoms with E-state index in [2.05, 4.69) is 6.58 Å². The SMILES string of the molecule is C=C(C)Cc1ccc2ccccc2c1S(=O)(=O)[O-].[Rb+]. The molecule has 0 atom stereocenters. The van der Waals surface area contributed by atoms with E-state index < -0.39 is 10.1 Å². The van der Waals surface area contributed by atoms with Gasteiger partial charge in [-0.1, -0.05) is 48.6 Å². The van der Waals surface area contributed by atoms with E-state index in [1.807, 2.05) is 12.1 Å². The third-order valence-electron chi connectivity index (χ3n) is 2.70. The van der Waals surface area contributed by atoms with Crippen molar-refractivity contribution in [3.05, 3.63) is 54.1 Å². The molecule has 19 heavy (non-hydrogen) atoms. The molecule has 0 spiro atoms. The molecule has 0 unspecified atom stereocenters. The van der Waals surface area contributed by atoms with Gasteiger partial charge in [0, 0.05) is 0 Å². The topological polar surface area (TPSA) is 57.2 Å². The molecule has 5 heteroatoms. The van der Waals surface area contributed by atoms with Crippen LogP contribution in [0.25, 0.3) is 10.8 Å². The molecular formula is C14H13O3RbS. The summed E-state index contributed by atoms with van der Waals surface area (Å²) in [7, 11) is -4.50. The Morgan fingerprint density at radius 1 is 1.21 bits per heavy atom. The average Bonchev–Trinajstić information content (AvgIpc) is 2.26. The Kier molecular flexibility index (Phi) is 6.10. The molecule has 94 valence electrons. The molecule has 2 aromatic rings. The van der Waals surface area contributed by atoms with Crippen LogP contribution in [0.3, 0.4) is 0 Å². The summed E-state index contributed by atoms with van der Waals surface area (Å²) in [6.45, 7) is 5.56. The largest absolute Gasteiger partial charge is 1.00 e. The fraction of sp³-hybridized carbons (Fsp3) is 0.143. The number of benzene rings is 2. The van der Waals surface area contributed by atoms with Crippen molar-refractivity contribution in [3.8, 4) is 0 Å². The molecule has 0 saturated carbocycles. The number of hydrogen-bond acceptors (Lipinski definition) is 3. The molecule has 0 radical (unpaired) electrons. The fourth-order valence-corrected chi connectivity index (χ4v) is 2.96. The van der Waals surface area contributed by atoms with E-state index in [1.54, 1.807) is 31.2 Å². The smallest absolute Gasteiger partial charge is 0.744 e. The molecule has 0 heterocycles. The monoisotopic (exact) mass is 346 g/mol. The molecule has 0 bridgehead atoms. The minimum Gasteiger partial charge on any atom is -0.744 e. The van der Waals surface area contributed by atoms with E-state index in [0.29, 0.717) is 17.4 Å². The van der Waals surface area contributed by atoms with Crippen LogP contribution in [0.15, 0.2) is 53.4 Å². The molecule has 0 N–H and O–H groups in total. The Bertz CT molecular complexity index is 721. The molecule has 0 aliphatic rings. The predicted molar refractivity (Wildman–Crippen MR) is 70.4 cm³/mol. The summed E-state index contributed by atoms with van der Waals surface area (Å²) in [6.07, 6.45) is 0.391.